The number of hydrogen-bond donors (Lipinski definition) is 1. The Morgan fingerprint density at radius 3 is 2.71 bits per heavy atom. The van der Waals surface area contributed by atoms with Gasteiger partial charge in [0.15, 0.2) is 0 Å². The molecule has 1 N–H and O–H groups in total. The van der Waals surface area contributed by atoms with E-state index in [9.17, 15) is 0 Å². The summed E-state index contributed by atoms with van der Waals surface area (Å²) >= 11 is 3.73. The van der Waals surface area contributed by atoms with Crippen LogP contribution >= 0.6 is 15.9 Å². The Morgan fingerprint density at radius 1 is 1.29 bits per heavy atom. The van der Waals surface area contributed by atoms with E-state index in [4.69, 9.17) is 0 Å². The smallest absolute Gasteiger partial charge is 0.0508 e. The van der Waals surface area contributed by atoms with E-state index in [2.05, 4.69) is 63.2 Å². The van der Waals surface area contributed by atoms with Crippen molar-refractivity contribution in [2.45, 2.75) is 32.7 Å². The molecule has 118 valence electrons. The molecule has 0 saturated carbocycles. The number of nitrogens with zero attached hydrogens (tertiary/aromatic N) is 2. The van der Waals surface area contributed by atoms with Crippen molar-refractivity contribution in [1.82, 2.24) is 10.2 Å². The first-order valence-corrected chi connectivity index (χ1v) is 8.92. The van der Waals surface area contributed by atoms with Crippen LogP contribution in [0.25, 0.3) is 0 Å². The van der Waals surface area contributed by atoms with E-state index in [1.165, 1.54) is 54.6 Å². The molecular formula is C17H28BrN3. The molecule has 1 fully saturated rings. The molecule has 1 aliphatic rings. The number of rotatable bonds is 8. The van der Waals surface area contributed by atoms with Crippen LogP contribution in [0.4, 0.5) is 5.69 Å². The SMILES string of the molecule is CCCNCc1ccc(N(C)CCN2CCCC2)c(Br)c1. The van der Waals surface area contributed by atoms with Gasteiger partial charge in [-0.15, -0.1) is 0 Å². The van der Waals surface area contributed by atoms with Crippen molar-refractivity contribution in [1.29, 1.82) is 0 Å². The predicted octanol–water partition coefficient (Wildman–Crippen LogP) is 3.48. The normalized spacial score (nSPS) is 15.6. The Balaban J connectivity index is 1.86. The summed E-state index contributed by atoms with van der Waals surface area (Å²) < 4.78 is 1.20. The summed E-state index contributed by atoms with van der Waals surface area (Å²) in [5, 5.41) is 3.45. The Bertz CT molecular complexity index is 430. The third kappa shape index (κ3) is 5.28. The van der Waals surface area contributed by atoms with Gasteiger partial charge < -0.3 is 15.1 Å². The molecule has 21 heavy (non-hydrogen) atoms. The van der Waals surface area contributed by atoms with Gasteiger partial charge in [-0.2, -0.15) is 0 Å². The first-order chi connectivity index (χ1) is 10.2. The van der Waals surface area contributed by atoms with Gasteiger partial charge in [-0.25, -0.2) is 0 Å². The third-order valence-corrected chi connectivity index (χ3v) is 4.76. The largest absolute Gasteiger partial charge is 0.372 e. The second-order valence-corrected chi connectivity index (χ2v) is 6.79. The van der Waals surface area contributed by atoms with Crippen molar-refractivity contribution in [3.8, 4) is 0 Å². The van der Waals surface area contributed by atoms with Gasteiger partial charge in [-0.1, -0.05) is 13.0 Å². The molecule has 2 rings (SSSR count). The van der Waals surface area contributed by atoms with Crippen molar-refractivity contribution in [3.05, 3.63) is 28.2 Å². The van der Waals surface area contributed by atoms with Gasteiger partial charge in [-0.3, -0.25) is 0 Å². The van der Waals surface area contributed by atoms with Crippen molar-refractivity contribution in [3.63, 3.8) is 0 Å². The lowest BCUT2D eigenvalue weighted by molar-refractivity contribution is 0.346. The molecule has 1 aliphatic heterocycles. The minimum Gasteiger partial charge on any atom is -0.372 e. The molecule has 1 aromatic rings. The first-order valence-electron chi connectivity index (χ1n) is 8.13. The minimum atomic E-state index is 0.949. The highest BCUT2D eigenvalue weighted by Gasteiger charge is 2.13. The molecule has 0 amide bonds. The molecule has 0 radical (unpaired) electrons. The molecule has 0 bridgehead atoms. The summed E-state index contributed by atoms with van der Waals surface area (Å²) in [5.74, 6) is 0. The standard InChI is InChI=1S/C17H28BrN3/c1-3-8-19-14-15-6-7-17(16(18)13-15)20(2)11-12-21-9-4-5-10-21/h6-7,13,19H,3-5,8-12,14H2,1-2H3. The Kier molecular flexibility index (Phi) is 7.00. The summed E-state index contributed by atoms with van der Waals surface area (Å²) in [6.07, 6.45) is 3.91. The third-order valence-electron chi connectivity index (χ3n) is 4.13. The maximum absolute atomic E-state index is 3.73. The van der Waals surface area contributed by atoms with Gasteiger partial charge in [-0.05, 0) is 72.5 Å². The van der Waals surface area contributed by atoms with E-state index in [1.54, 1.807) is 0 Å². The topological polar surface area (TPSA) is 18.5 Å². The molecule has 0 aromatic heterocycles. The summed E-state index contributed by atoms with van der Waals surface area (Å²) in [5.41, 5.74) is 2.63. The van der Waals surface area contributed by atoms with E-state index in [0.29, 0.717) is 0 Å². The molecule has 1 aromatic carbocycles. The molecule has 0 aliphatic carbocycles. The van der Waals surface area contributed by atoms with E-state index in [-0.39, 0.29) is 0 Å². The summed E-state index contributed by atoms with van der Waals surface area (Å²) in [6, 6.07) is 6.70. The zero-order valence-corrected chi connectivity index (χ0v) is 15.0. The molecule has 3 nitrogen and oxygen atoms in total. The maximum Gasteiger partial charge on any atom is 0.0508 e. The fourth-order valence-electron chi connectivity index (χ4n) is 2.80. The van der Waals surface area contributed by atoms with Crippen LogP contribution in [-0.4, -0.2) is 44.7 Å². The lowest BCUT2D eigenvalue weighted by Crippen LogP contribution is -2.31. The number of benzene rings is 1. The average molecular weight is 354 g/mol. The highest BCUT2D eigenvalue weighted by molar-refractivity contribution is 9.10. The van der Waals surface area contributed by atoms with Crippen LogP contribution in [0.3, 0.4) is 0 Å². The molecular weight excluding hydrogens is 326 g/mol. The van der Waals surface area contributed by atoms with Gasteiger partial charge >= 0.3 is 0 Å². The van der Waals surface area contributed by atoms with Crippen LogP contribution in [0, 0.1) is 0 Å². The highest BCUT2D eigenvalue weighted by Crippen LogP contribution is 2.26. The van der Waals surface area contributed by atoms with Crippen LogP contribution in [0.15, 0.2) is 22.7 Å². The number of halogens is 1. The fourth-order valence-corrected chi connectivity index (χ4v) is 3.53. The van der Waals surface area contributed by atoms with Crippen molar-refractivity contribution < 1.29 is 0 Å². The van der Waals surface area contributed by atoms with E-state index in [1.807, 2.05) is 0 Å². The second-order valence-electron chi connectivity index (χ2n) is 5.93. The number of anilines is 1. The zero-order valence-electron chi connectivity index (χ0n) is 13.4. The molecule has 4 heteroatoms. The van der Waals surface area contributed by atoms with Crippen molar-refractivity contribution >= 4 is 21.6 Å². The lowest BCUT2D eigenvalue weighted by Gasteiger charge is -2.24. The van der Waals surface area contributed by atoms with Crippen LogP contribution in [0.5, 0.6) is 0 Å². The molecule has 0 unspecified atom stereocenters. The van der Waals surface area contributed by atoms with Gasteiger partial charge in [0.25, 0.3) is 0 Å². The summed E-state index contributed by atoms with van der Waals surface area (Å²) in [4.78, 5) is 4.92. The van der Waals surface area contributed by atoms with E-state index in [0.717, 1.165) is 19.6 Å². The van der Waals surface area contributed by atoms with Crippen LogP contribution in [0.2, 0.25) is 0 Å². The van der Waals surface area contributed by atoms with Gasteiger partial charge in [0.1, 0.15) is 0 Å². The highest BCUT2D eigenvalue weighted by atomic mass is 79.9. The van der Waals surface area contributed by atoms with Gasteiger partial charge in [0.05, 0.1) is 5.69 Å². The van der Waals surface area contributed by atoms with Crippen LogP contribution in [0.1, 0.15) is 31.7 Å². The minimum absolute atomic E-state index is 0.949. The molecule has 0 atom stereocenters. The van der Waals surface area contributed by atoms with E-state index < -0.39 is 0 Å². The second kappa shape index (κ2) is 8.76. The monoisotopic (exact) mass is 353 g/mol. The summed E-state index contributed by atoms with van der Waals surface area (Å²) in [6.45, 7) is 9.03. The average Bonchev–Trinajstić information content (AvgIpc) is 2.98. The zero-order chi connectivity index (χ0) is 15.1. The molecule has 0 spiro atoms. The van der Waals surface area contributed by atoms with E-state index >= 15 is 0 Å². The van der Waals surface area contributed by atoms with Gasteiger partial charge in [0.2, 0.25) is 0 Å². The first kappa shape index (κ1) is 16.8. The van der Waals surface area contributed by atoms with Crippen molar-refractivity contribution in [2.75, 3.05) is 44.7 Å². The molecule has 1 saturated heterocycles. The van der Waals surface area contributed by atoms with Crippen LogP contribution < -0.4 is 10.2 Å². The van der Waals surface area contributed by atoms with Crippen LogP contribution in [-0.2, 0) is 6.54 Å². The van der Waals surface area contributed by atoms with Gasteiger partial charge in [0, 0.05) is 31.2 Å². The Morgan fingerprint density at radius 2 is 2.05 bits per heavy atom. The Hall–Kier alpha value is -0.580. The number of nitrogens with one attached hydrogen (secondary N) is 1. The fraction of sp³-hybridized carbons (Fsp3) is 0.647. The predicted molar refractivity (Wildman–Crippen MR) is 95.1 cm³/mol. The number of likely N-dealkylation sites (N-methyl/N-ethyl adjacent to an activating group) is 1. The maximum atomic E-state index is 3.73. The molecule has 1 heterocycles. The summed E-state index contributed by atoms with van der Waals surface area (Å²) in [7, 11) is 2.19. The quantitative estimate of drug-likeness (QED) is 0.721. The van der Waals surface area contributed by atoms with Crippen molar-refractivity contribution in [2.24, 2.45) is 0 Å². The lowest BCUT2D eigenvalue weighted by atomic mass is 10.2. The Labute approximate surface area is 137 Å². The number of hydrogen-bond acceptors (Lipinski definition) is 3. The number of likely N-dealkylation sites (tertiary alicyclic amines) is 1.